The third-order valence-electron chi connectivity index (χ3n) is 2.77. The number of ether oxygens (including phenoxy) is 1. The van der Waals surface area contributed by atoms with Gasteiger partial charge in [0, 0.05) is 5.02 Å². The summed E-state index contributed by atoms with van der Waals surface area (Å²) in [5.41, 5.74) is 0.392. The molecule has 21 heavy (non-hydrogen) atoms. The van der Waals surface area contributed by atoms with Gasteiger partial charge in [0.2, 0.25) is 0 Å². The number of amides is 1. The van der Waals surface area contributed by atoms with E-state index in [1.165, 1.54) is 18.2 Å². The number of hydrogen-bond donors (Lipinski definition) is 1. The van der Waals surface area contributed by atoms with E-state index in [1.807, 2.05) is 6.92 Å². The number of rotatable bonds is 5. The zero-order valence-electron chi connectivity index (χ0n) is 11.5. The Hall–Kier alpha value is -2.07. The van der Waals surface area contributed by atoms with E-state index in [0.717, 1.165) is 6.42 Å². The molecule has 0 atom stereocenters. The van der Waals surface area contributed by atoms with Crippen molar-refractivity contribution in [3.63, 3.8) is 0 Å². The van der Waals surface area contributed by atoms with Gasteiger partial charge in [-0.2, -0.15) is 0 Å². The monoisotopic (exact) mass is 307 g/mol. The van der Waals surface area contributed by atoms with Crippen molar-refractivity contribution in [2.24, 2.45) is 0 Å². The minimum Gasteiger partial charge on any atom is -0.491 e. The first-order chi connectivity index (χ1) is 10.1. The highest BCUT2D eigenvalue weighted by molar-refractivity contribution is 6.31. The number of nitrogens with one attached hydrogen (secondary N) is 1. The Morgan fingerprint density at radius 2 is 2.05 bits per heavy atom. The number of halogens is 2. The molecule has 3 nitrogen and oxygen atoms in total. The van der Waals surface area contributed by atoms with Crippen LogP contribution in [0.15, 0.2) is 42.5 Å². The fourth-order valence-corrected chi connectivity index (χ4v) is 1.94. The van der Waals surface area contributed by atoms with Crippen LogP contribution in [0.1, 0.15) is 23.7 Å². The quantitative estimate of drug-likeness (QED) is 0.882. The van der Waals surface area contributed by atoms with E-state index in [-0.39, 0.29) is 5.56 Å². The van der Waals surface area contributed by atoms with Crippen molar-refractivity contribution in [3.8, 4) is 5.75 Å². The predicted molar refractivity (Wildman–Crippen MR) is 81.6 cm³/mol. The van der Waals surface area contributed by atoms with Gasteiger partial charge in [0.05, 0.1) is 17.9 Å². The van der Waals surface area contributed by atoms with Gasteiger partial charge >= 0.3 is 0 Å². The summed E-state index contributed by atoms with van der Waals surface area (Å²) >= 11 is 5.93. The maximum Gasteiger partial charge on any atom is 0.258 e. The van der Waals surface area contributed by atoms with Crippen LogP contribution in [-0.4, -0.2) is 12.5 Å². The van der Waals surface area contributed by atoms with Gasteiger partial charge in [0.15, 0.2) is 0 Å². The summed E-state index contributed by atoms with van der Waals surface area (Å²) in [6.07, 6.45) is 0.837. The summed E-state index contributed by atoms with van der Waals surface area (Å²) < 4.78 is 19.1. The summed E-state index contributed by atoms with van der Waals surface area (Å²) in [7, 11) is 0. The van der Waals surface area contributed by atoms with Crippen molar-refractivity contribution < 1.29 is 13.9 Å². The molecule has 0 aliphatic rings. The Morgan fingerprint density at radius 1 is 1.29 bits per heavy atom. The highest BCUT2D eigenvalue weighted by Gasteiger charge is 2.14. The minimum atomic E-state index is -0.576. The molecule has 2 aromatic rings. The second kappa shape index (κ2) is 7.09. The molecule has 0 fully saturated rings. The molecular weight excluding hydrogens is 293 g/mol. The summed E-state index contributed by atoms with van der Waals surface area (Å²) in [5.74, 6) is -0.615. The van der Waals surface area contributed by atoms with Crippen molar-refractivity contribution in [1.29, 1.82) is 0 Å². The fraction of sp³-hybridized carbons (Fsp3) is 0.188. The average Bonchev–Trinajstić information content (AvgIpc) is 2.47. The normalized spacial score (nSPS) is 10.2. The summed E-state index contributed by atoms with van der Waals surface area (Å²) in [6.45, 7) is 2.50. The van der Waals surface area contributed by atoms with E-state index in [2.05, 4.69) is 5.32 Å². The van der Waals surface area contributed by atoms with E-state index in [9.17, 15) is 9.18 Å². The zero-order valence-corrected chi connectivity index (χ0v) is 12.3. The molecule has 0 spiro atoms. The molecule has 0 aliphatic heterocycles. The van der Waals surface area contributed by atoms with E-state index in [0.29, 0.717) is 23.1 Å². The number of carbonyl (C=O) groups is 1. The molecule has 0 radical (unpaired) electrons. The molecule has 0 unspecified atom stereocenters. The maximum atomic E-state index is 13.6. The van der Waals surface area contributed by atoms with Crippen LogP contribution < -0.4 is 10.1 Å². The first-order valence-corrected chi connectivity index (χ1v) is 6.98. The largest absolute Gasteiger partial charge is 0.491 e. The Bertz CT molecular complexity index is 646. The van der Waals surface area contributed by atoms with E-state index in [4.69, 9.17) is 16.3 Å². The zero-order chi connectivity index (χ0) is 15.2. The van der Waals surface area contributed by atoms with Crippen molar-refractivity contribution in [1.82, 2.24) is 0 Å². The average molecular weight is 308 g/mol. The van der Waals surface area contributed by atoms with Crippen molar-refractivity contribution >= 4 is 23.2 Å². The second-order valence-electron chi connectivity index (χ2n) is 4.42. The molecule has 0 heterocycles. The lowest BCUT2D eigenvalue weighted by Gasteiger charge is -2.12. The fourth-order valence-electron chi connectivity index (χ4n) is 1.77. The van der Waals surface area contributed by atoms with Crippen LogP contribution >= 0.6 is 11.6 Å². The van der Waals surface area contributed by atoms with Crippen LogP contribution in [-0.2, 0) is 0 Å². The van der Waals surface area contributed by atoms with Gasteiger partial charge in [-0.3, -0.25) is 4.79 Å². The Balaban J connectivity index is 2.24. The first-order valence-electron chi connectivity index (χ1n) is 6.60. The molecule has 1 N–H and O–H groups in total. The highest BCUT2D eigenvalue weighted by Crippen LogP contribution is 2.28. The third kappa shape index (κ3) is 3.95. The van der Waals surface area contributed by atoms with Gasteiger partial charge in [-0.15, -0.1) is 0 Å². The lowest BCUT2D eigenvalue weighted by Crippen LogP contribution is -2.14. The van der Waals surface area contributed by atoms with E-state index < -0.39 is 11.7 Å². The molecule has 2 aromatic carbocycles. The highest BCUT2D eigenvalue weighted by atomic mass is 35.5. The van der Waals surface area contributed by atoms with Crippen LogP contribution in [0.3, 0.4) is 0 Å². The molecule has 5 heteroatoms. The van der Waals surface area contributed by atoms with Crippen LogP contribution in [0.25, 0.3) is 0 Å². The molecule has 110 valence electrons. The maximum absolute atomic E-state index is 13.6. The molecule has 0 bridgehead atoms. The van der Waals surface area contributed by atoms with Crippen LogP contribution in [0.4, 0.5) is 10.1 Å². The minimum absolute atomic E-state index is 0.0288. The van der Waals surface area contributed by atoms with Gasteiger partial charge in [-0.05, 0) is 36.8 Å². The Labute approximate surface area is 127 Å². The van der Waals surface area contributed by atoms with Gasteiger partial charge in [0.25, 0.3) is 5.91 Å². The predicted octanol–water partition coefficient (Wildman–Crippen LogP) is 4.52. The second-order valence-corrected chi connectivity index (χ2v) is 4.86. The van der Waals surface area contributed by atoms with Crippen molar-refractivity contribution in [2.75, 3.05) is 11.9 Å². The van der Waals surface area contributed by atoms with Gasteiger partial charge in [-0.1, -0.05) is 30.7 Å². The van der Waals surface area contributed by atoms with E-state index in [1.54, 1.807) is 24.3 Å². The summed E-state index contributed by atoms with van der Waals surface area (Å²) in [6, 6.07) is 10.7. The summed E-state index contributed by atoms with van der Waals surface area (Å²) in [5, 5.41) is 3.09. The standard InChI is InChI=1S/C16H15ClFNO2/c1-2-9-21-15-8-7-11(17)10-14(15)19-16(20)12-5-3-4-6-13(12)18/h3-8,10H,2,9H2,1H3,(H,19,20). The molecule has 0 aromatic heterocycles. The number of benzene rings is 2. The number of hydrogen-bond acceptors (Lipinski definition) is 2. The van der Waals surface area contributed by atoms with Crippen molar-refractivity contribution in [2.45, 2.75) is 13.3 Å². The summed E-state index contributed by atoms with van der Waals surface area (Å²) in [4.78, 5) is 12.1. The van der Waals surface area contributed by atoms with Gasteiger partial charge < -0.3 is 10.1 Å². The Kier molecular flexibility index (Phi) is 5.17. The molecule has 0 saturated heterocycles. The number of anilines is 1. The van der Waals surface area contributed by atoms with Crippen LogP contribution in [0.2, 0.25) is 5.02 Å². The molecule has 0 aliphatic carbocycles. The number of carbonyl (C=O) groups excluding carboxylic acids is 1. The van der Waals surface area contributed by atoms with E-state index >= 15 is 0 Å². The lowest BCUT2D eigenvalue weighted by atomic mass is 10.2. The topological polar surface area (TPSA) is 38.3 Å². The molecule has 0 saturated carbocycles. The first kappa shape index (κ1) is 15.3. The molecule has 1 amide bonds. The van der Waals surface area contributed by atoms with Crippen molar-refractivity contribution in [3.05, 3.63) is 58.9 Å². The van der Waals surface area contributed by atoms with Crippen LogP contribution in [0, 0.1) is 5.82 Å². The molecular formula is C16H15ClFNO2. The smallest absolute Gasteiger partial charge is 0.258 e. The van der Waals surface area contributed by atoms with Gasteiger partial charge in [-0.25, -0.2) is 4.39 Å². The SMILES string of the molecule is CCCOc1ccc(Cl)cc1NC(=O)c1ccccc1F. The van der Waals surface area contributed by atoms with Crippen LogP contribution in [0.5, 0.6) is 5.75 Å². The molecule has 2 rings (SSSR count). The van der Waals surface area contributed by atoms with Gasteiger partial charge in [0.1, 0.15) is 11.6 Å². The third-order valence-corrected chi connectivity index (χ3v) is 3.01. The Morgan fingerprint density at radius 3 is 2.76 bits per heavy atom. The lowest BCUT2D eigenvalue weighted by molar-refractivity contribution is 0.102.